The van der Waals surface area contributed by atoms with E-state index in [2.05, 4.69) is 43.5 Å². The van der Waals surface area contributed by atoms with Gasteiger partial charge in [0.25, 0.3) is 0 Å². The summed E-state index contributed by atoms with van der Waals surface area (Å²) in [5.74, 6) is -0.184. The van der Waals surface area contributed by atoms with E-state index in [0.717, 1.165) is 70.6 Å². The number of hydrogen-bond acceptors (Lipinski definition) is 10. The van der Waals surface area contributed by atoms with Crippen molar-refractivity contribution >= 4 is 11.9 Å². The van der Waals surface area contributed by atoms with Gasteiger partial charge in [-0.25, -0.2) is 0 Å². The number of aliphatic hydroxyl groups is 5. The molecule has 1 aliphatic rings. The molecule has 7 unspecified atom stereocenters. The number of esters is 1. The number of rotatable bonds is 61. The van der Waals surface area contributed by atoms with Crippen LogP contribution in [0.1, 0.15) is 335 Å². The van der Waals surface area contributed by atoms with E-state index in [1.165, 1.54) is 238 Å². The van der Waals surface area contributed by atoms with Gasteiger partial charge < -0.3 is 45.1 Å². The lowest BCUT2D eigenvalue weighted by Crippen LogP contribution is -2.60. The van der Waals surface area contributed by atoms with Gasteiger partial charge >= 0.3 is 5.97 Å². The Morgan fingerprint density at radius 3 is 1.22 bits per heavy atom. The Morgan fingerprint density at radius 2 is 0.802 bits per heavy atom. The molecule has 0 aromatic rings. The van der Waals surface area contributed by atoms with Crippen molar-refractivity contribution in [3.05, 3.63) is 36.5 Å². The molecule has 0 aliphatic carbocycles. The average Bonchev–Trinajstić information content (AvgIpc) is 3.50. The number of carbonyl (C=O) groups is 2. The molecule has 11 heteroatoms. The van der Waals surface area contributed by atoms with Crippen LogP contribution in [-0.4, -0.2) is 100 Å². The molecule has 476 valence electrons. The smallest absolute Gasteiger partial charge is 0.305 e. The summed E-state index contributed by atoms with van der Waals surface area (Å²) >= 11 is 0. The molecule has 1 aliphatic heterocycles. The van der Waals surface area contributed by atoms with Gasteiger partial charge in [-0.2, -0.15) is 0 Å². The van der Waals surface area contributed by atoms with E-state index in [-0.39, 0.29) is 18.5 Å². The molecular formula is C70H131NO10. The lowest BCUT2D eigenvalue weighted by atomic mass is 9.99. The van der Waals surface area contributed by atoms with E-state index < -0.39 is 49.5 Å². The standard InChI is InChI=1S/C70H131NO10/c1-3-5-7-9-11-13-15-16-30-33-37-40-44-48-52-56-63(73)62(61-80-70-69(78)68(77)67(76)64(60-72)81-70)71-65(74)57-53-49-45-41-38-34-31-28-26-24-22-20-18-17-19-21-23-25-27-29-32-35-39-43-47-51-55-59-79-66(75)58-54-50-46-42-36-14-12-10-8-6-4-2/h15-16,37,40,52,56,62-64,67-70,72-73,76-78H,3-14,17-36,38-39,41-51,53-55,57-61H2,1-2H3,(H,71,74)/b16-15+,40-37+,56-52+. The van der Waals surface area contributed by atoms with Gasteiger partial charge in [0.1, 0.15) is 24.4 Å². The fraction of sp³-hybridized carbons (Fsp3) is 0.886. The summed E-state index contributed by atoms with van der Waals surface area (Å²) in [6.45, 7) is 4.34. The second-order valence-corrected chi connectivity index (χ2v) is 24.2. The van der Waals surface area contributed by atoms with Gasteiger partial charge in [-0.3, -0.25) is 9.59 Å². The number of unbranched alkanes of at least 4 members (excludes halogenated alkanes) is 43. The molecule has 1 rings (SSSR count). The molecule has 0 aromatic heterocycles. The fourth-order valence-corrected chi connectivity index (χ4v) is 11.0. The van der Waals surface area contributed by atoms with Crippen molar-refractivity contribution in [1.82, 2.24) is 5.32 Å². The Balaban J connectivity index is 2.01. The van der Waals surface area contributed by atoms with E-state index >= 15 is 0 Å². The molecule has 0 radical (unpaired) electrons. The van der Waals surface area contributed by atoms with E-state index in [1.807, 2.05) is 6.08 Å². The Labute approximate surface area is 498 Å². The Morgan fingerprint density at radius 1 is 0.444 bits per heavy atom. The van der Waals surface area contributed by atoms with Crippen molar-refractivity contribution in [3.8, 4) is 0 Å². The lowest BCUT2D eigenvalue weighted by Gasteiger charge is -2.40. The van der Waals surface area contributed by atoms with E-state index in [4.69, 9.17) is 14.2 Å². The Bertz CT molecular complexity index is 1440. The van der Waals surface area contributed by atoms with E-state index in [0.29, 0.717) is 19.4 Å². The van der Waals surface area contributed by atoms with Crippen LogP contribution in [0.25, 0.3) is 0 Å². The zero-order valence-corrected chi connectivity index (χ0v) is 52.8. The highest BCUT2D eigenvalue weighted by atomic mass is 16.7. The molecule has 0 bridgehead atoms. The van der Waals surface area contributed by atoms with Gasteiger partial charge in [-0.15, -0.1) is 0 Å². The molecule has 0 aromatic carbocycles. The maximum atomic E-state index is 13.1. The number of ether oxygens (including phenoxy) is 3. The van der Waals surface area contributed by atoms with Crippen LogP contribution in [0.5, 0.6) is 0 Å². The highest BCUT2D eigenvalue weighted by Gasteiger charge is 2.44. The van der Waals surface area contributed by atoms with E-state index in [9.17, 15) is 35.1 Å². The molecule has 7 atom stereocenters. The number of aliphatic hydroxyl groups excluding tert-OH is 5. The molecule has 0 spiro atoms. The highest BCUT2D eigenvalue weighted by Crippen LogP contribution is 2.23. The molecule has 81 heavy (non-hydrogen) atoms. The topological polar surface area (TPSA) is 175 Å². The summed E-state index contributed by atoms with van der Waals surface area (Å²) in [6.07, 6.45) is 65.5. The summed E-state index contributed by atoms with van der Waals surface area (Å²) in [6, 6.07) is -0.833. The molecule has 0 saturated carbocycles. The molecule has 1 fully saturated rings. The van der Waals surface area contributed by atoms with Crippen molar-refractivity contribution in [2.45, 2.75) is 378 Å². The van der Waals surface area contributed by atoms with Crippen molar-refractivity contribution in [2.24, 2.45) is 0 Å². The van der Waals surface area contributed by atoms with Crippen molar-refractivity contribution in [1.29, 1.82) is 0 Å². The summed E-state index contributed by atoms with van der Waals surface area (Å²) in [5.41, 5.74) is 0. The minimum atomic E-state index is -1.58. The highest BCUT2D eigenvalue weighted by molar-refractivity contribution is 5.76. The zero-order chi connectivity index (χ0) is 58.7. The van der Waals surface area contributed by atoms with Crippen LogP contribution < -0.4 is 5.32 Å². The van der Waals surface area contributed by atoms with Crippen molar-refractivity contribution in [3.63, 3.8) is 0 Å². The van der Waals surface area contributed by atoms with Gasteiger partial charge in [0.2, 0.25) is 5.91 Å². The second kappa shape index (κ2) is 59.6. The maximum absolute atomic E-state index is 13.1. The summed E-state index contributed by atoms with van der Waals surface area (Å²) < 4.78 is 16.7. The molecular weight excluding hydrogens is 1010 g/mol. The van der Waals surface area contributed by atoms with Gasteiger partial charge in [-0.1, -0.05) is 301 Å². The third-order valence-corrected chi connectivity index (χ3v) is 16.5. The minimum absolute atomic E-state index is 0.00797. The minimum Gasteiger partial charge on any atom is -0.466 e. The molecule has 1 amide bonds. The third-order valence-electron chi connectivity index (χ3n) is 16.5. The zero-order valence-electron chi connectivity index (χ0n) is 52.8. The first-order chi connectivity index (χ1) is 39.7. The first kappa shape index (κ1) is 76.9. The molecule has 11 nitrogen and oxygen atoms in total. The predicted molar refractivity (Wildman–Crippen MR) is 338 cm³/mol. The average molecular weight is 1150 g/mol. The van der Waals surface area contributed by atoms with Crippen molar-refractivity contribution < 1.29 is 49.3 Å². The Hall–Kier alpha value is -2.12. The van der Waals surface area contributed by atoms with Gasteiger partial charge in [-0.05, 0) is 57.8 Å². The van der Waals surface area contributed by atoms with Crippen LogP contribution >= 0.6 is 0 Å². The van der Waals surface area contributed by atoms with Crippen LogP contribution in [0.2, 0.25) is 0 Å². The monoisotopic (exact) mass is 1150 g/mol. The van der Waals surface area contributed by atoms with Crippen LogP contribution in [0.4, 0.5) is 0 Å². The Kier molecular flexibility index (Phi) is 56.6. The number of allylic oxidation sites excluding steroid dienone is 5. The van der Waals surface area contributed by atoms with Crippen molar-refractivity contribution in [2.75, 3.05) is 19.8 Å². The summed E-state index contributed by atoms with van der Waals surface area (Å²) in [7, 11) is 0. The number of amides is 1. The molecule has 6 N–H and O–H groups in total. The number of nitrogens with one attached hydrogen (secondary N) is 1. The molecule has 1 heterocycles. The second-order valence-electron chi connectivity index (χ2n) is 24.2. The summed E-state index contributed by atoms with van der Waals surface area (Å²) in [4.78, 5) is 25.1. The predicted octanol–water partition coefficient (Wildman–Crippen LogP) is 17.4. The van der Waals surface area contributed by atoms with Crippen LogP contribution in [0.3, 0.4) is 0 Å². The van der Waals surface area contributed by atoms with Crippen LogP contribution in [0.15, 0.2) is 36.5 Å². The maximum Gasteiger partial charge on any atom is 0.305 e. The first-order valence-electron chi connectivity index (χ1n) is 34.8. The van der Waals surface area contributed by atoms with Crippen LogP contribution in [-0.2, 0) is 23.8 Å². The number of hydrogen-bond donors (Lipinski definition) is 6. The summed E-state index contributed by atoms with van der Waals surface area (Å²) in [5, 5.41) is 54.5. The first-order valence-corrected chi connectivity index (χ1v) is 34.8. The molecule has 1 saturated heterocycles. The normalized spacial score (nSPS) is 18.4. The van der Waals surface area contributed by atoms with Gasteiger partial charge in [0.15, 0.2) is 6.29 Å². The largest absolute Gasteiger partial charge is 0.466 e. The number of carbonyl (C=O) groups excluding carboxylic acids is 2. The van der Waals surface area contributed by atoms with Gasteiger partial charge in [0, 0.05) is 12.8 Å². The van der Waals surface area contributed by atoms with E-state index in [1.54, 1.807) is 6.08 Å². The quantitative estimate of drug-likeness (QED) is 0.0195. The third kappa shape index (κ3) is 48.8. The fourth-order valence-electron chi connectivity index (χ4n) is 11.0. The SMILES string of the molecule is CCCCCCC/C=C/CC/C=C/CC/C=C/C(O)C(COC1OC(CO)C(O)C(O)C1O)NC(=O)CCCCCCCCCCCCCCCCCCCCCCCCCCCCCOC(=O)CCCCCCCCCCCCC. The van der Waals surface area contributed by atoms with Crippen LogP contribution in [0, 0.1) is 0 Å². The van der Waals surface area contributed by atoms with Gasteiger partial charge in [0.05, 0.1) is 32.0 Å². The lowest BCUT2D eigenvalue weighted by molar-refractivity contribution is -0.302.